The first-order valence-electron chi connectivity index (χ1n) is 10.8. The number of carbonyl (C=O) groups is 3. The highest BCUT2D eigenvalue weighted by Crippen LogP contribution is 2.34. The average Bonchev–Trinajstić information content (AvgIpc) is 3.38. The fourth-order valence-electron chi connectivity index (χ4n) is 3.88. The molecule has 0 spiro atoms. The van der Waals surface area contributed by atoms with Crippen LogP contribution in [0.25, 0.3) is 11.1 Å². The van der Waals surface area contributed by atoms with Gasteiger partial charge in [0.2, 0.25) is 11.7 Å². The molecule has 2 N–H and O–H groups in total. The van der Waals surface area contributed by atoms with Gasteiger partial charge >= 0.3 is 5.97 Å². The Morgan fingerprint density at radius 2 is 1.62 bits per heavy atom. The summed E-state index contributed by atoms with van der Waals surface area (Å²) in [6.45, 7) is 3.65. The minimum absolute atomic E-state index is 0.0416. The van der Waals surface area contributed by atoms with Gasteiger partial charge in [0.05, 0.1) is 16.4 Å². The third kappa shape index (κ3) is 4.67. The average molecular weight is 470 g/mol. The van der Waals surface area contributed by atoms with Gasteiger partial charge in [0.15, 0.2) is 0 Å². The topological polar surface area (TPSA) is 83.5 Å². The standard InChI is InChI=1S/C28H23NO4S/c1-17-7-5-9-22(28(32)33)25(17)21-8-3-4-10-23(21)29-27(31)18(2)19-12-14-20(15-13-19)26(30)24-11-6-16-34-24/h3-16,18H,1-2H3,(H,29,31)(H,32,33). The Labute approximate surface area is 201 Å². The van der Waals surface area contributed by atoms with Gasteiger partial charge in [-0.1, -0.05) is 60.7 Å². The van der Waals surface area contributed by atoms with Gasteiger partial charge < -0.3 is 10.4 Å². The van der Waals surface area contributed by atoms with E-state index in [1.54, 1.807) is 67.6 Å². The third-order valence-corrected chi connectivity index (χ3v) is 6.64. The van der Waals surface area contributed by atoms with Crippen LogP contribution in [0.2, 0.25) is 0 Å². The maximum absolute atomic E-state index is 13.1. The number of thiophene rings is 1. The molecule has 1 atom stereocenters. The van der Waals surface area contributed by atoms with Crippen molar-refractivity contribution in [2.75, 3.05) is 5.32 Å². The molecule has 0 aliphatic rings. The molecule has 1 heterocycles. The number of nitrogens with one attached hydrogen (secondary N) is 1. The molecule has 0 radical (unpaired) electrons. The maximum Gasteiger partial charge on any atom is 0.336 e. The normalized spacial score (nSPS) is 11.6. The SMILES string of the molecule is Cc1cccc(C(=O)O)c1-c1ccccc1NC(=O)C(C)c1ccc(C(=O)c2cccs2)cc1. The first-order chi connectivity index (χ1) is 16.4. The van der Waals surface area contributed by atoms with Gasteiger partial charge in [0.25, 0.3) is 0 Å². The summed E-state index contributed by atoms with van der Waals surface area (Å²) in [5, 5.41) is 14.5. The van der Waals surface area contributed by atoms with Crippen LogP contribution in [0.1, 0.15) is 49.6 Å². The van der Waals surface area contributed by atoms with Gasteiger partial charge in [0, 0.05) is 22.4 Å². The van der Waals surface area contributed by atoms with Crippen LogP contribution >= 0.6 is 11.3 Å². The fraction of sp³-hybridized carbons (Fsp3) is 0.107. The van der Waals surface area contributed by atoms with Crippen molar-refractivity contribution in [3.63, 3.8) is 0 Å². The highest BCUT2D eigenvalue weighted by Gasteiger charge is 2.21. The van der Waals surface area contributed by atoms with Gasteiger partial charge in [-0.2, -0.15) is 0 Å². The van der Waals surface area contributed by atoms with Crippen molar-refractivity contribution in [3.05, 3.63) is 111 Å². The van der Waals surface area contributed by atoms with Gasteiger partial charge in [0.1, 0.15) is 0 Å². The Bertz CT molecular complexity index is 1360. The predicted octanol–water partition coefficient (Wildman–Crippen LogP) is 6.39. The van der Waals surface area contributed by atoms with E-state index in [9.17, 15) is 19.5 Å². The molecule has 0 aliphatic carbocycles. The first-order valence-corrected chi connectivity index (χ1v) is 11.7. The van der Waals surface area contributed by atoms with Crippen LogP contribution in [0, 0.1) is 6.92 Å². The van der Waals surface area contributed by atoms with Crippen molar-refractivity contribution in [3.8, 4) is 11.1 Å². The van der Waals surface area contributed by atoms with Crippen LogP contribution in [0.4, 0.5) is 5.69 Å². The quantitative estimate of drug-likeness (QED) is 0.307. The van der Waals surface area contributed by atoms with Gasteiger partial charge in [-0.05, 0) is 48.6 Å². The summed E-state index contributed by atoms with van der Waals surface area (Å²) < 4.78 is 0. The van der Waals surface area contributed by atoms with E-state index in [0.29, 0.717) is 27.3 Å². The lowest BCUT2D eigenvalue weighted by Gasteiger charge is -2.18. The second-order valence-electron chi connectivity index (χ2n) is 7.99. The molecule has 0 bridgehead atoms. The maximum atomic E-state index is 13.1. The molecule has 0 fully saturated rings. The summed E-state index contributed by atoms with van der Waals surface area (Å²) in [6.07, 6.45) is 0. The first kappa shape index (κ1) is 23.1. The van der Waals surface area contributed by atoms with E-state index >= 15 is 0 Å². The molecule has 0 saturated heterocycles. The van der Waals surface area contributed by atoms with Crippen LogP contribution in [-0.2, 0) is 4.79 Å². The number of ketones is 1. The molecule has 5 nitrogen and oxygen atoms in total. The summed E-state index contributed by atoms with van der Waals surface area (Å²) in [5.74, 6) is -1.77. The number of benzene rings is 3. The van der Waals surface area contributed by atoms with Gasteiger partial charge in [-0.15, -0.1) is 11.3 Å². The van der Waals surface area contributed by atoms with E-state index in [-0.39, 0.29) is 17.3 Å². The Balaban J connectivity index is 1.58. The largest absolute Gasteiger partial charge is 0.478 e. The van der Waals surface area contributed by atoms with E-state index in [0.717, 1.165) is 11.1 Å². The molecule has 0 saturated carbocycles. The number of amides is 1. The smallest absolute Gasteiger partial charge is 0.336 e. The molecule has 1 aromatic heterocycles. The minimum atomic E-state index is -1.02. The lowest BCUT2D eigenvalue weighted by Crippen LogP contribution is -2.19. The molecule has 1 unspecified atom stereocenters. The number of para-hydroxylation sites is 1. The number of aromatic carboxylic acids is 1. The van der Waals surface area contributed by atoms with Crippen LogP contribution in [-0.4, -0.2) is 22.8 Å². The molecule has 1 amide bonds. The van der Waals surface area contributed by atoms with E-state index in [1.165, 1.54) is 11.3 Å². The molecule has 4 rings (SSSR count). The number of hydrogen-bond donors (Lipinski definition) is 2. The van der Waals surface area contributed by atoms with Crippen LogP contribution in [0.15, 0.2) is 84.2 Å². The molecular formula is C28H23NO4S. The van der Waals surface area contributed by atoms with Crippen molar-refractivity contribution < 1.29 is 19.5 Å². The molecule has 34 heavy (non-hydrogen) atoms. The zero-order valence-corrected chi connectivity index (χ0v) is 19.6. The molecule has 170 valence electrons. The summed E-state index contributed by atoms with van der Waals surface area (Å²) >= 11 is 1.40. The summed E-state index contributed by atoms with van der Waals surface area (Å²) in [5.41, 5.74) is 4.11. The van der Waals surface area contributed by atoms with Crippen LogP contribution in [0.3, 0.4) is 0 Å². The van der Waals surface area contributed by atoms with Crippen molar-refractivity contribution >= 4 is 34.7 Å². The van der Waals surface area contributed by atoms with Crippen molar-refractivity contribution in [1.29, 1.82) is 0 Å². The van der Waals surface area contributed by atoms with Gasteiger partial charge in [-0.25, -0.2) is 4.79 Å². The summed E-state index contributed by atoms with van der Waals surface area (Å²) in [6, 6.07) is 23.0. The Kier molecular flexibility index (Phi) is 6.70. The third-order valence-electron chi connectivity index (χ3n) is 5.77. The second kappa shape index (κ2) is 9.85. The second-order valence-corrected chi connectivity index (χ2v) is 8.94. The fourth-order valence-corrected chi connectivity index (χ4v) is 4.56. The van der Waals surface area contributed by atoms with Crippen molar-refractivity contribution in [2.24, 2.45) is 0 Å². The zero-order valence-electron chi connectivity index (χ0n) is 18.7. The molecule has 3 aromatic carbocycles. The van der Waals surface area contributed by atoms with Crippen LogP contribution < -0.4 is 5.32 Å². The van der Waals surface area contributed by atoms with Gasteiger partial charge in [-0.3, -0.25) is 9.59 Å². The van der Waals surface area contributed by atoms with Crippen molar-refractivity contribution in [2.45, 2.75) is 19.8 Å². The number of rotatable bonds is 7. The lowest BCUT2D eigenvalue weighted by molar-refractivity contribution is -0.117. The monoisotopic (exact) mass is 469 g/mol. The van der Waals surface area contributed by atoms with Crippen molar-refractivity contribution in [1.82, 2.24) is 0 Å². The number of carbonyl (C=O) groups excluding carboxylic acids is 2. The Morgan fingerprint density at radius 1 is 0.882 bits per heavy atom. The molecule has 0 aliphatic heterocycles. The Morgan fingerprint density at radius 3 is 2.29 bits per heavy atom. The number of anilines is 1. The lowest BCUT2D eigenvalue weighted by atomic mass is 9.93. The summed E-state index contributed by atoms with van der Waals surface area (Å²) in [4.78, 5) is 38.1. The number of aryl methyl sites for hydroxylation is 1. The van der Waals surface area contributed by atoms with Crippen LogP contribution in [0.5, 0.6) is 0 Å². The number of carboxylic acids is 1. The summed E-state index contributed by atoms with van der Waals surface area (Å²) in [7, 11) is 0. The molecular weight excluding hydrogens is 446 g/mol. The highest BCUT2D eigenvalue weighted by atomic mass is 32.1. The predicted molar refractivity (Wildman–Crippen MR) is 135 cm³/mol. The molecule has 6 heteroatoms. The van der Waals surface area contributed by atoms with E-state index in [4.69, 9.17) is 0 Å². The van der Waals surface area contributed by atoms with E-state index in [2.05, 4.69) is 5.32 Å². The minimum Gasteiger partial charge on any atom is -0.478 e. The Hall–Kier alpha value is -4.03. The molecule has 4 aromatic rings. The zero-order chi connectivity index (χ0) is 24.2. The highest BCUT2D eigenvalue weighted by molar-refractivity contribution is 7.12. The number of hydrogen-bond acceptors (Lipinski definition) is 4. The number of carboxylic acid groups (broad SMARTS) is 1. The van der Waals surface area contributed by atoms with E-state index < -0.39 is 11.9 Å². The van der Waals surface area contributed by atoms with E-state index in [1.807, 2.05) is 30.5 Å².